The number of nitrogens with zero attached hydrogens (tertiary/aromatic N) is 1. The Kier molecular flexibility index (Phi) is 4.97. The van der Waals surface area contributed by atoms with Gasteiger partial charge in [0.05, 0.1) is 31.1 Å². The topological polar surface area (TPSA) is 62.0 Å². The van der Waals surface area contributed by atoms with Gasteiger partial charge in [-0.05, 0) is 61.6 Å². The molecule has 6 heteroatoms. The van der Waals surface area contributed by atoms with Gasteiger partial charge >= 0.3 is 0 Å². The largest absolute Gasteiger partial charge is 0.507 e. The van der Waals surface area contributed by atoms with Gasteiger partial charge in [-0.15, -0.1) is 0 Å². The summed E-state index contributed by atoms with van der Waals surface area (Å²) in [5.41, 5.74) is 4.68. The Labute approximate surface area is 161 Å². The lowest BCUT2D eigenvalue weighted by molar-refractivity contribution is -0.917. The summed E-state index contributed by atoms with van der Waals surface area (Å²) in [5.74, 6) is 0.387. The molecular formula is C21H27N2O3S+. The van der Waals surface area contributed by atoms with Gasteiger partial charge in [0, 0.05) is 5.56 Å². The van der Waals surface area contributed by atoms with Crippen molar-refractivity contribution in [1.82, 2.24) is 4.31 Å². The molecule has 0 aromatic heterocycles. The monoisotopic (exact) mass is 387 g/mol. The predicted octanol–water partition coefficient (Wildman–Crippen LogP) is 1.28. The van der Waals surface area contributed by atoms with Crippen LogP contribution in [0.3, 0.4) is 0 Å². The number of piperazine rings is 1. The third-order valence-corrected chi connectivity index (χ3v) is 7.73. The number of fused-ring (bicyclic) bond motifs is 1. The second-order valence-electron chi connectivity index (χ2n) is 7.75. The summed E-state index contributed by atoms with van der Waals surface area (Å²) >= 11 is 0. The first-order valence-electron chi connectivity index (χ1n) is 9.67. The molecule has 2 aromatic carbocycles. The molecule has 1 fully saturated rings. The minimum absolute atomic E-state index is 0.368. The standard InChI is InChI=1S/C21H26N2O3S/c1-16-5-7-20(8-6-16)27(25,26)23-11-9-22(10-12-23)15-19-13-17-3-2-4-18(17)14-21(19)24/h5-8,13-14,24H,2-4,9-12,15H2,1H3/p+1. The number of phenolic OH excluding ortho intramolecular Hbond substituents is 1. The molecular weight excluding hydrogens is 360 g/mol. The van der Waals surface area contributed by atoms with E-state index >= 15 is 0 Å². The van der Waals surface area contributed by atoms with Crippen LogP contribution in [-0.2, 0) is 29.4 Å². The predicted molar refractivity (Wildman–Crippen MR) is 104 cm³/mol. The minimum Gasteiger partial charge on any atom is -0.507 e. The van der Waals surface area contributed by atoms with Crippen molar-refractivity contribution in [2.24, 2.45) is 0 Å². The van der Waals surface area contributed by atoms with E-state index in [4.69, 9.17) is 0 Å². The van der Waals surface area contributed by atoms with Gasteiger partial charge in [-0.2, -0.15) is 4.31 Å². The van der Waals surface area contributed by atoms with Crippen molar-refractivity contribution in [1.29, 1.82) is 0 Å². The molecule has 4 rings (SSSR count). The Morgan fingerprint density at radius 3 is 2.33 bits per heavy atom. The Balaban J connectivity index is 1.41. The molecule has 2 aromatic rings. The fraction of sp³-hybridized carbons (Fsp3) is 0.429. The maximum absolute atomic E-state index is 12.8. The highest BCUT2D eigenvalue weighted by molar-refractivity contribution is 7.89. The molecule has 1 heterocycles. The summed E-state index contributed by atoms with van der Waals surface area (Å²) in [6.45, 7) is 5.22. The minimum atomic E-state index is -3.42. The number of quaternary nitrogens is 1. The average molecular weight is 388 g/mol. The first-order chi connectivity index (χ1) is 12.9. The molecule has 2 aliphatic rings. The highest BCUT2D eigenvalue weighted by Crippen LogP contribution is 2.28. The SMILES string of the molecule is Cc1ccc(S(=O)(=O)N2CC[NH+](Cc3cc4c(cc3O)CCC4)CC2)cc1. The molecule has 2 N–H and O–H groups in total. The van der Waals surface area contributed by atoms with Crippen molar-refractivity contribution >= 4 is 10.0 Å². The number of aromatic hydroxyl groups is 1. The fourth-order valence-electron chi connectivity index (χ4n) is 4.15. The van der Waals surface area contributed by atoms with Crippen LogP contribution in [0.4, 0.5) is 0 Å². The highest BCUT2D eigenvalue weighted by atomic mass is 32.2. The second kappa shape index (κ2) is 7.26. The number of hydrogen-bond donors (Lipinski definition) is 2. The molecule has 1 aliphatic heterocycles. The van der Waals surface area contributed by atoms with Gasteiger partial charge in [0.1, 0.15) is 12.3 Å². The molecule has 0 atom stereocenters. The number of nitrogens with one attached hydrogen (secondary N) is 1. The van der Waals surface area contributed by atoms with Gasteiger partial charge in [-0.25, -0.2) is 8.42 Å². The summed E-state index contributed by atoms with van der Waals surface area (Å²) in [6, 6.07) is 11.1. The molecule has 1 aliphatic carbocycles. The molecule has 27 heavy (non-hydrogen) atoms. The van der Waals surface area contributed by atoms with Crippen molar-refractivity contribution in [3.63, 3.8) is 0 Å². The van der Waals surface area contributed by atoms with Gasteiger partial charge in [0.2, 0.25) is 10.0 Å². The molecule has 0 unspecified atom stereocenters. The lowest BCUT2D eigenvalue weighted by atomic mass is 10.0. The van der Waals surface area contributed by atoms with Gasteiger partial charge in [-0.1, -0.05) is 17.7 Å². The Morgan fingerprint density at radius 2 is 1.67 bits per heavy atom. The van der Waals surface area contributed by atoms with Crippen molar-refractivity contribution < 1.29 is 18.4 Å². The van der Waals surface area contributed by atoms with Gasteiger partial charge in [0.25, 0.3) is 0 Å². The van der Waals surface area contributed by atoms with Crippen LogP contribution in [0.5, 0.6) is 5.75 Å². The van der Waals surface area contributed by atoms with E-state index in [9.17, 15) is 13.5 Å². The first kappa shape index (κ1) is 18.5. The van der Waals surface area contributed by atoms with Crippen molar-refractivity contribution in [2.75, 3.05) is 26.2 Å². The molecule has 5 nitrogen and oxygen atoms in total. The number of sulfonamides is 1. The third-order valence-electron chi connectivity index (χ3n) is 5.82. The van der Waals surface area contributed by atoms with E-state index in [1.54, 1.807) is 16.4 Å². The third kappa shape index (κ3) is 3.74. The van der Waals surface area contributed by atoms with Crippen LogP contribution >= 0.6 is 0 Å². The van der Waals surface area contributed by atoms with E-state index in [0.717, 1.165) is 43.6 Å². The van der Waals surface area contributed by atoms with E-state index in [1.165, 1.54) is 22.4 Å². The van der Waals surface area contributed by atoms with Crippen LogP contribution in [0.15, 0.2) is 41.3 Å². The molecule has 0 saturated carbocycles. The zero-order valence-electron chi connectivity index (χ0n) is 15.7. The van der Waals surface area contributed by atoms with Crippen LogP contribution in [0.1, 0.15) is 28.7 Å². The summed E-state index contributed by atoms with van der Waals surface area (Å²) in [7, 11) is -3.42. The van der Waals surface area contributed by atoms with Crippen LogP contribution < -0.4 is 4.90 Å². The molecule has 144 valence electrons. The number of phenols is 1. The molecule has 0 spiro atoms. The summed E-state index contributed by atoms with van der Waals surface area (Å²) in [4.78, 5) is 1.69. The van der Waals surface area contributed by atoms with Gasteiger partial charge < -0.3 is 10.0 Å². The van der Waals surface area contributed by atoms with Crippen molar-refractivity contribution in [3.8, 4) is 5.75 Å². The maximum Gasteiger partial charge on any atom is 0.243 e. The van der Waals surface area contributed by atoms with Crippen LogP contribution in [0, 0.1) is 6.92 Å². The number of rotatable bonds is 4. The maximum atomic E-state index is 12.8. The number of benzene rings is 2. The van der Waals surface area contributed by atoms with E-state index in [-0.39, 0.29) is 0 Å². The summed E-state index contributed by atoms with van der Waals surface area (Å²) in [5, 5.41) is 10.3. The normalized spacial score (nSPS) is 18.6. The number of hydrogen-bond acceptors (Lipinski definition) is 3. The zero-order chi connectivity index (χ0) is 19.0. The second-order valence-corrected chi connectivity index (χ2v) is 9.69. The van der Waals surface area contributed by atoms with E-state index in [1.807, 2.05) is 25.1 Å². The van der Waals surface area contributed by atoms with Crippen molar-refractivity contribution in [3.05, 3.63) is 58.7 Å². The lowest BCUT2D eigenvalue weighted by Gasteiger charge is -2.31. The van der Waals surface area contributed by atoms with Gasteiger partial charge in [0.15, 0.2) is 0 Å². The molecule has 0 bridgehead atoms. The Morgan fingerprint density at radius 1 is 1.04 bits per heavy atom. The summed E-state index contributed by atoms with van der Waals surface area (Å²) < 4.78 is 27.2. The lowest BCUT2D eigenvalue weighted by Crippen LogP contribution is -3.13. The number of aryl methyl sites for hydroxylation is 3. The van der Waals surface area contributed by atoms with Crippen LogP contribution in [0.2, 0.25) is 0 Å². The average Bonchev–Trinajstić information content (AvgIpc) is 3.10. The first-order valence-corrected chi connectivity index (χ1v) is 11.1. The molecule has 0 amide bonds. The molecule has 0 radical (unpaired) electrons. The fourth-order valence-corrected chi connectivity index (χ4v) is 5.59. The Bertz CT molecular complexity index is 931. The van der Waals surface area contributed by atoms with Crippen LogP contribution in [0.25, 0.3) is 0 Å². The highest BCUT2D eigenvalue weighted by Gasteiger charge is 2.30. The Hall–Kier alpha value is -1.89. The van der Waals surface area contributed by atoms with E-state index in [2.05, 4.69) is 6.07 Å². The van der Waals surface area contributed by atoms with Crippen LogP contribution in [-0.4, -0.2) is 44.0 Å². The van der Waals surface area contributed by atoms with E-state index < -0.39 is 10.0 Å². The van der Waals surface area contributed by atoms with Crippen molar-refractivity contribution in [2.45, 2.75) is 37.6 Å². The zero-order valence-corrected chi connectivity index (χ0v) is 16.6. The quantitative estimate of drug-likeness (QED) is 0.831. The smallest absolute Gasteiger partial charge is 0.243 e. The van der Waals surface area contributed by atoms with Gasteiger partial charge in [-0.3, -0.25) is 0 Å². The van der Waals surface area contributed by atoms with E-state index in [0.29, 0.717) is 23.7 Å². The summed E-state index contributed by atoms with van der Waals surface area (Å²) in [6.07, 6.45) is 3.33. The molecule has 1 saturated heterocycles.